The molecule has 8 heteroatoms. The number of nitrogens with zero attached hydrogens (tertiary/aromatic N) is 3. The molecule has 5 N–H and O–H groups in total. The van der Waals surface area contributed by atoms with Crippen molar-refractivity contribution in [3.05, 3.63) is 35.9 Å². The molecule has 2 heterocycles. The first-order valence-corrected chi connectivity index (χ1v) is 8.99. The Bertz CT molecular complexity index is 576. The maximum atomic E-state index is 5.84. The molecule has 0 saturated heterocycles. The van der Waals surface area contributed by atoms with Crippen LogP contribution in [0.3, 0.4) is 0 Å². The van der Waals surface area contributed by atoms with E-state index in [0.717, 1.165) is 60.9 Å². The lowest BCUT2D eigenvalue weighted by Gasteiger charge is -2.05. The average molecular weight is 335 g/mol. The summed E-state index contributed by atoms with van der Waals surface area (Å²) in [6.07, 6.45) is 8.24. The Morgan fingerprint density at radius 1 is 1.35 bits per heavy atom. The van der Waals surface area contributed by atoms with Gasteiger partial charge < -0.3 is 21.0 Å². The van der Waals surface area contributed by atoms with E-state index in [1.165, 1.54) is 0 Å². The van der Waals surface area contributed by atoms with Crippen molar-refractivity contribution in [3.63, 3.8) is 0 Å². The summed E-state index contributed by atoms with van der Waals surface area (Å²) in [6, 6.07) is 0. The van der Waals surface area contributed by atoms with Crippen LogP contribution in [-0.2, 0) is 12.2 Å². The fourth-order valence-corrected chi connectivity index (χ4v) is 3.02. The number of guanidine groups is 1. The van der Waals surface area contributed by atoms with Crippen molar-refractivity contribution in [1.29, 1.82) is 0 Å². The predicted octanol–water partition coefficient (Wildman–Crippen LogP) is 1.60. The van der Waals surface area contributed by atoms with Crippen LogP contribution in [0.25, 0.3) is 0 Å². The van der Waals surface area contributed by atoms with E-state index < -0.39 is 0 Å². The first-order chi connectivity index (χ1) is 11.3. The third kappa shape index (κ3) is 6.77. The van der Waals surface area contributed by atoms with Gasteiger partial charge >= 0.3 is 0 Å². The van der Waals surface area contributed by atoms with Crippen LogP contribution in [0.1, 0.15) is 29.9 Å². The number of thioether (sulfide) groups is 1. The van der Waals surface area contributed by atoms with Crippen molar-refractivity contribution in [2.75, 3.05) is 18.8 Å². The summed E-state index contributed by atoms with van der Waals surface area (Å²) >= 11 is 1.88. The van der Waals surface area contributed by atoms with Crippen LogP contribution in [0.2, 0.25) is 0 Å². The normalized spacial score (nSPS) is 11.8. The largest absolute Gasteiger partial charge is 0.370 e. The molecule has 0 amide bonds. The average Bonchev–Trinajstić information content (AvgIpc) is 3.19. The van der Waals surface area contributed by atoms with Crippen molar-refractivity contribution >= 4 is 17.7 Å². The van der Waals surface area contributed by atoms with Gasteiger partial charge in [-0.25, -0.2) is 9.97 Å². The highest BCUT2D eigenvalue weighted by Crippen LogP contribution is 2.12. The molecule has 126 valence electrons. The van der Waals surface area contributed by atoms with Gasteiger partial charge in [-0.05, 0) is 31.9 Å². The molecule has 2 aromatic heterocycles. The topological polar surface area (TPSA) is 108 Å². The Hall–Kier alpha value is -1.96. The molecule has 0 radical (unpaired) electrons. The fourth-order valence-electron chi connectivity index (χ4n) is 2.04. The van der Waals surface area contributed by atoms with Crippen LogP contribution in [0.15, 0.2) is 23.8 Å². The van der Waals surface area contributed by atoms with Gasteiger partial charge in [0.2, 0.25) is 0 Å². The van der Waals surface area contributed by atoms with E-state index in [-0.39, 0.29) is 0 Å². The molecule has 23 heavy (non-hydrogen) atoms. The van der Waals surface area contributed by atoms with Crippen LogP contribution in [0.4, 0.5) is 0 Å². The van der Waals surface area contributed by atoms with E-state index >= 15 is 0 Å². The van der Waals surface area contributed by atoms with Crippen molar-refractivity contribution in [1.82, 2.24) is 25.3 Å². The molecular weight excluding hydrogens is 310 g/mol. The zero-order chi connectivity index (χ0) is 16.3. The summed E-state index contributed by atoms with van der Waals surface area (Å²) in [7, 11) is 0. The van der Waals surface area contributed by atoms with E-state index in [9.17, 15) is 0 Å². The van der Waals surface area contributed by atoms with E-state index in [1.807, 2.05) is 24.9 Å². The number of nitrogens with one attached hydrogen (secondary N) is 3. The molecule has 2 rings (SSSR count). The Kier molecular flexibility index (Phi) is 7.51. The molecular formula is C15H25N7S. The van der Waals surface area contributed by atoms with Crippen LogP contribution >= 0.6 is 11.8 Å². The first kappa shape index (κ1) is 17.4. The number of aryl methyl sites for hydroxylation is 2. The Balaban J connectivity index is 1.46. The SMILES string of the molecule is Cc1[nH]cnc1CSCCCNC(N)=NCCCc1cnc[nH]1. The highest BCUT2D eigenvalue weighted by atomic mass is 32.2. The van der Waals surface area contributed by atoms with E-state index in [2.05, 4.69) is 30.2 Å². The molecule has 0 atom stereocenters. The molecule has 0 aromatic carbocycles. The molecule has 0 fully saturated rings. The summed E-state index contributed by atoms with van der Waals surface area (Å²) in [4.78, 5) is 18.8. The third-order valence-corrected chi connectivity index (χ3v) is 4.44. The number of hydrogen-bond acceptors (Lipinski definition) is 4. The second-order valence-corrected chi connectivity index (χ2v) is 6.36. The number of aromatic nitrogens is 4. The summed E-state index contributed by atoms with van der Waals surface area (Å²) in [5.74, 6) is 2.56. The Morgan fingerprint density at radius 3 is 3.00 bits per heavy atom. The van der Waals surface area contributed by atoms with Gasteiger partial charge in [0, 0.05) is 36.4 Å². The lowest BCUT2D eigenvalue weighted by atomic mass is 10.2. The van der Waals surface area contributed by atoms with Crippen molar-refractivity contribution in [2.45, 2.75) is 31.9 Å². The van der Waals surface area contributed by atoms with Crippen LogP contribution in [0, 0.1) is 6.92 Å². The van der Waals surface area contributed by atoms with Gasteiger partial charge in [0.1, 0.15) is 0 Å². The van der Waals surface area contributed by atoms with Gasteiger partial charge in [0.05, 0.1) is 18.3 Å². The van der Waals surface area contributed by atoms with Gasteiger partial charge in [0.25, 0.3) is 0 Å². The number of rotatable bonds is 10. The minimum atomic E-state index is 0.530. The number of aliphatic imine (C=N–C) groups is 1. The molecule has 0 aliphatic rings. The summed E-state index contributed by atoms with van der Waals surface area (Å²) in [5, 5.41) is 3.15. The number of H-pyrrole nitrogens is 2. The Morgan fingerprint density at radius 2 is 2.26 bits per heavy atom. The van der Waals surface area contributed by atoms with Crippen LogP contribution in [0.5, 0.6) is 0 Å². The number of imidazole rings is 2. The third-order valence-electron chi connectivity index (χ3n) is 3.39. The van der Waals surface area contributed by atoms with Gasteiger partial charge in [-0.3, -0.25) is 4.99 Å². The van der Waals surface area contributed by atoms with Crippen LogP contribution in [-0.4, -0.2) is 44.7 Å². The minimum Gasteiger partial charge on any atom is -0.370 e. The standard InChI is InChI=1S/C15H25N7S/c1-12-14(22-11-20-12)9-23-7-3-6-19-15(16)18-5-2-4-13-8-17-10-21-13/h8,10-11H,2-7,9H2,1H3,(H,17,21)(H,20,22)(H3,16,18,19). The predicted molar refractivity (Wildman–Crippen MR) is 95.5 cm³/mol. The van der Waals surface area contributed by atoms with Gasteiger partial charge in [-0.15, -0.1) is 0 Å². The quantitative estimate of drug-likeness (QED) is 0.300. The molecule has 0 saturated carbocycles. The van der Waals surface area contributed by atoms with Crippen molar-refractivity contribution in [2.24, 2.45) is 10.7 Å². The van der Waals surface area contributed by atoms with Crippen molar-refractivity contribution < 1.29 is 0 Å². The van der Waals surface area contributed by atoms with E-state index in [4.69, 9.17) is 5.73 Å². The van der Waals surface area contributed by atoms with Crippen LogP contribution < -0.4 is 11.1 Å². The lowest BCUT2D eigenvalue weighted by Crippen LogP contribution is -2.32. The molecule has 0 unspecified atom stereocenters. The molecule has 0 spiro atoms. The minimum absolute atomic E-state index is 0.530. The molecule has 2 aromatic rings. The monoisotopic (exact) mass is 335 g/mol. The summed E-state index contributed by atoms with van der Waals surface area (Å²) < 4.78 is 0. The zero-order valence-corrected chi connectivity index (χ0v) is 14.3. The fraction of sp³-hybridized carbons (Fsp3) is 0.533. The first-order valence-electron chi connectivity index (χ1n) is 7.83. The maximum Gasteiger partial charge on any atom is 0.188 e. The molecule has 0 aliphatic heterocycles. The van der Waals surface area contributed by atoms with E-state index in [0.29, 0.717) is 5.96 Å². The van der Waals surface area contributed by atoms with Gasteiger partial charge in [-0.1, -0.05) is 0 Å². The second kappa shape index (κ2) is 9.94. The van der Waals surface area contributed by atoms with Gasteiger partial charge in [0.15, 0.2) is 5.96 Å². The lowest BCUT2D eigenvalue weighted by molar-refractivity contribution is 0.793. The summed E-state index contributed by atoms with van der Waals surface area (Å²) in [5.41, 5.74) is 9.27. The second-order valence-electron chi connectivity index (χ2n) is 5.25. The summed E-state index contributed by atoms with van der Waals surface area (Å²) in [6.45, 7) is 3.63. The Labute approximate surface area is 141 Å². The number of aromatic amines is 2. The molecule has 0 bridgehead atoms. The zero-order valence-electron chi connectivity index (χ0n) is 13.5. The smallest absolute Gasteiger partial charge is 0.188 e. The van der Waals surface area contributed by atoms with E-state index in [1.54, 1.807) is 12.7 Å². The molecule has 0 aliphatic carbocycles. The number of hydrogen-bond donors (Lipinski definition) is 4. The highest BCUT2D eigenvalue weighted by Gasteiger charge is 2.00. The highest BCUT2D eigenvalue weighted by molar-refractivity contribution is 7.98. The van der Waals surface area contributed by atoms with Gasteiger partial charge in [-0.2, -0.15) is 11.8 Å². The maximum absolute atomic E-state index is 5.84. The van der Waals surface area contributed by atoms with Crippen molar-refractivity contribution in [3.8, 4) is 0 Å². The number of nitrogens with two attached hydrogens (primary N) is 1. The molecule has 7 nitrogen and oxygen atoms in total.